The van der Waals surface area contributed by atoms with Crippen molar-refractivity contribution in [2.45, 2.75) is 45.4 Å². The van der Waals surface area contributed by atoms with Crippen LogP contribution in [-0.4, -0.2) is 31.4 Å². The first-order chi connectivity index (χ1) is 10.0. The van der Waals surface area contributed by atoms with Crippen LogP contribution in [0.4, 0.5) is 0 Å². The van der Waals surface area contributed by atoms with Gasteiger partial charge in [-0.1, -0.05) is 44.2 Å². The fourth-order valence-corrected chi connectivity index (χ4v) is 2.99. The van der Waals surface area contributed by atoms with Crippen LogP contribution >= 0.6 is 0 Å². The molecule has 21 heavy (non-hydrogen) atoms. The van der Waals surface area contributed by atoms with Crippen molar-refractivity contribution < 1.29 is 19.0 Å². The van der Waals surface area contributed by atoms with E-state index in [1.165, 1.54) is 0 Å². The number of hydrogen-bond acceptors (Lipinski definition) is 4. The van der Waals surface area contributed by atoms with Crippen LogP contribution in [0.15, 0.2) is 30.3 Å². The Hall–Kier alpha value is -1.23. The number of methoxy groups -OCH3 is 1. The van der Waals surface area contributed by atoms with Gasteiger partial charge in [0.1, 0.15) is 12.4 Å². The smallest absolute Gasteiger partial charge is 0.192 e. The molecule has 4 heteroatoms. The van der Waals surface area contributed by atoms with Gasteiger partial charge in [0, 0.05) is 18.9 Å². The summed E-state index contributed by atoms with van der Waals surface area (Å²) in [5, 5.41) is 0. The number of hydrogen-bond donors (Lipinski definition) is 0. The summed E-state index contributed by atoms with van der Waals surface area (Å²) < 4.78 is 17.6. The van der Waals surface area contributed by atoms with E-state index < -0.39 is 5.79 Å². The summed E-state index contributed by atoms with van der Waals surface area (Å²) in [5.74, 6) is -0.922. The molecule has 1 aliphatic rings. The van der Waals surface area contributed by atoms with E-state index >= 15 is 0 Å². The largest absolute Gasteiger partial charge is 0.368 e. The molecule has 5 atom stereocenters. The van der Waals surface area contributed by atoms with Gasteiger partial charge in [0.25, 0.3) is 0 Å². The minimum atomic E-state index is -0.823. The van der Waals surface area contributed by atoms with Gasteiger partial charge in [-0.15, -0.1) is 0 Å². The molecule has 1 heterocycles. The Labute approximate surface area is 126 Å². The second kappa shape index (κ2) is 6.69. The Balaban J connectivity index is 2.10. The SMILES string of the molecule is CO[C@@]1(C)O[C@H]([C@@H](C)C=O)[C@H](C)[C@@H]1OCc1ccccc1. The van der Waals surface area contributed by atoms with E-state index in [1.807, 2.05) is 51.1 Å². The van der Waals surface area contributed by atoms with E-state index in [0.29, 0.717) is 6.61 Å². The molecule has 1 aromatic rings. The second-order valence-corrected chi connectivity index (χ2v) is 5.87. The highest BCUT2D eigenvalue weighted by atomic mass is 16.7. The van der Waals surface area contributed by atoms with Gasteiger partial charge in [0.05, 0.1) is 12.7 Å². The van der Waals surface area contributed by atoms with Crippen LogP contribution in [0, 0.1) is 11.8 Å². The predicted octanol–water partition coefficient (Wildman–Crippen LogP) is 2.80. The van der Waals surface area contributed by atoms with Gasteiger partial charge in [-0.3, -0.25) is 0 Å². The van der Waals surface area contributed by atoms with E-state index in [2.05, 4.69) is 0 Å². The van der Waals surface area contributed by atoms with Crippen LogP contribution in [0.1, 0.15) is 26.3 Å². The van der Waals surface area contributed by atoms with Crippen molar-refractivity contribution in [1.29, 1.82) is 0 Å². The number of carbonyl (C=O) groups excluding carboxylic acids is 1. The van der Waals surface area contributed by atoms with Crippen molar-refractivity contribution in [2.24, 2.45) is 11.8 Å². The zero-order valence-electron chi connectivity index (χ0n) is 13.1. The lowest BCUT2D eigenvalue weighted by atomic mass is 9.90. The van der Waals surface area contributed by atoms with E-state index in [1.54, 1.807) is 7.11 Å². The summed E-state index contributed by atoms with van der Waals surface area (Å²) >= 11 is 0. The minimum absolute atomic E-state index is 0.0823. The first-order valence-electron chi connectivity index (χ1n) is 7.35. The zero-order chi connectivity index (χ0) is 15.5. The van der Waals surface area contributed by atoms with E-state index in [9.17, 15) is 4.79 Å². The highest BCUT2D eigenvalue weighted by Crippen LogP contribution is 2.40. The van der Waals surface area contributed by atoms with Crippen LogP contribution in [0.5, 0.6) is 0 Å². The molecular formula is C17H24O4. The molecule has 4 nitrogen and oxygen atoms in total. The highest BCUT2D eigenvalue weighted by molar-refractivity contribution is 5.54. The van der Waals surface area contributed by atoms with Crippen LogP contribution in [0.25, 0.3) is 0 Å². The van der Waals surface area contributed by atoms with E-state index in [0.717, 1.165) is 11.8 Å². The molecule has 0 unspecified atom stereocenters. The highest BCUT2D eigenvalue weighted by Gasteiger charge is 2.53. The maximum atomic E-state index is 11.1. The Morgan fingerprint density at radius 3 is 2.62 bits per heavy atom. The molecule has 2 rings (SSSR count). The average Bonchev–Trinajstić information content (AvgIpc) is 2.77. The number of rotatable bonds is 6. The summed E-state index contributed by atoms with van der Waals surface area (Å²) in [6.45, 7) is 6.28. The van der Waals surface area contributed by atoms with Crippen molar-refractivity contribution in [1.82, 2.24) is 0 Å². The number of benzene rings is 1. The molecule has 1 aliphatic heterocycles. The molecule has 0 aliphatic carbocycles. The molecule has 1 fully saturated rings. The molecule has 0 amide bonds. The standard InChI is InChI=1S/C17H24O4/c1-12(10-18)15-13(2)16(17(3,19-4)21-15)20-11-14-8-6-5-7-9-14/h5-10,12-13,15-16H,11H2,1-4H3/t12-,13-,15+,16-,17-/m0/s1. The van der Waals surface area contributed by atoms with Gasteiger partial charge < -0.3 is 19.0 Å². The van der Waals surface area contributed by atoms with Crippen molar-refractivity contribution in [3.05, 3.63) is 35.9 Å². The summed E-state index contributed by atoms with van der Waals surface area (Å²) in [5.41, 5.74) is 1.11. The van der Waals surface area contributed by atoms with Gasteiger partial charge in [-0.25, -0.2) is 0 Å². The van der Waals surface area contributed by atoms with Gasteiger partial charge in [0.15, 0.2) is 5.79 Å². The Morgan fingerprint density at radius 1 is 1.38 bits per heavy atom. The molecule has 0 aromatic heterocycles. The van der Waals surface area contributed by atoms with Crippen molar-refractivity contribution in [3.63, 3.8) is 0 Å². The monoisotopic (exact) mass is 292 g/mol. The lowest BCUT2D eigenvalue weighted by molar-refractivity contribution is -0.246. The predicted molar refractivity (Wildman–Crippen MR) is 79.7 cm³/mol. The van der Waals surface area contributed by atoms with Crippen molar-refractivity contribution in [3.8, 4) is 0 Å². The maximum Gasteiger partial charge on any atom is 0.192 e. The fraction of sp³-hybridized carbons (Fsp3) is 0.588. The quantitative estimate of drug-likeness (QED) is 0.756. The number of ether oxygens (including phenoxy) is 3. The van der Waals surface area contributed by atoms with Gasteiger partial charge >= 0.3 is 0 Å². The topological polar surface area (TPSA) is 44.8 Å². The second-order valence-electron chi connectivity index (χ2n) is 5.87. The Kier molecular flexibility index (Phi) is 5.14. The molecule has 0 saturated carbocycles. The van der Waals surface area contributed by atoms with Crippen LogP contribution in [-0.2, 0) is 25.6 Å². The Bertz CT molecular complexity index is 461. The normalized spacial score (nSPS) is 33.8. The molecule has 1 saturated heterocycles. The van der Waals surface area contributed by atoms with Crippen LogP contribution < -0.4 is 0 Å². The lowest BCUT2D eigenvalue weighted by Crippen LogP contribution is -2.41. The summed E-state index contributed by atoms with van der Waals surface area (Å²) in [6.07, 6.45) is 0.528. The van der Waals surface area contributed by atoms with Gasteiger partial charge in [0.2, 0.25) is 0 Å². The third-order valence-electron chi connectivity index (χ3n) is 4.29. The van der Waals surface area contributed by atoms with Gasteiger partial charge in [-0.2, -0.15) is 0 Å². The fourth-order valence-electron chi connectivity index (χ4n) is 2.99. The molecule has 0 bridgehead atoms. The van der Waals surface area contributed by atoms with Crippen LogP contribution in [0.3, 0.4) is 0 Å². The van der Waals surface area contributed by atoms with E-state index in [4.69, 9.17) is 14.2 Å². The van der Waals surface area contributed by atoms with Crippen molar-refractivity contribution >= 4 is 6.29 Å². The molecular weight excluding hydrogens is 268 g/mol. The zero-order valence-corrected chi connectivity index (χ0v) is 13.1. The van der Waals surface area contributed by atoms with Crippen LogP contribution in [0.2, 0.25) is 0 Å². The van der Waals surface area contributed by atoms with Gasteiger partial charge in [-0.05, 0) is 12.5 Å². The number of aldehydes is 1. The first kappa shape index (κ1) is 16.1. The third kappa shape index (κ3) is 3.34. The molecule has 116 valence electrons. The summed E-state index contributed by atoms with van der Waals surface area (Å²) in [6, 6.07) is 10.00. The molecule has 1 aromatic carbocycles. The maximum absolute atomic E-state index is 11.1. The first-order valence-corrected chi connectivity index (χ1v) is 7.35. The Morgan fingerprint density at radius 2 is 2.05 bits per heavy atom. The van der Waals surface area contributed by atoms with E-state index in [-0.39, 0.29) is 24.0 Å². The minimum Gasteiger partial charge on any atom is -0.368 e. The average molecular weight is 292 g/mol. The lowest BCUT2D eigenvalue weighted by Gasteiger charge is -2.30. The summed E-state index contributed by atoms with van der Waals surface area (Å²) in [7, 11) is 1.61. The molecule has 0 radical (unpaired) electrons. The summed E-state index contributed by atoms with van der Waals surface area (Å²) in [4.78, 5) is 11.1. The molecule has 0 spiro atoms. The molecule has 0 N–H and O–H groups in total. The van der Waals surface area contributed by atoms with Crippen molar-refractivity contribution in [2.75, 3.05) is 7.11 Å². The third-order valence-corrected chi connectivity index (χ3v) is 4.29. The number of carbonyl (C=O) groups is 1.